The number of hydrogen-bond acceptors (Lipinski definition) is 2. The zero-order valence-electron chi connectivity index (χ0n) is 11.1. The van der Waals surface area contributed by atoms with E-state index < -0.39 is 30.3 Å². The predicted octanol–water partition coefficient (Wildman–Crippen LogP) is 3.29. The van der Waals surface area contributed by atoms with Crippen molar-refractivity contribution in [2.45, 2.75) is 18.6 Å². The van der Waals surface area contributed by atoms with Crippen LogP contribution in [0.4, 0.5) is 22.0 Å². The third kappa shape index (κ3) is 5.09. The van der Waals surface area contributed by atoms with Gasteiger partial charge in [-0.3, -0.25) is 4.90 Å². The summed E-state index contributed by atoms with van der Waals surface area (Å²) in [5, 5.41) is 3.03. The second kappa shape index (κ2) is 7.38. The van der Waals surface area contributed by atoms with Crippen LogP contribution in [-0.4, -0.2) is 37.3 Å². The zero-order valence-corrected chi connectivity index (χ0v) is 11.9. The van der Waals surface area contributed by atoms with Gasteiger partial charge in [-0.1, -0.05) is 6.07 Å². The number of rotatable bonds is 3. The van der Waals surface area contributed by atoms with Gasteiger partial charge in [-0.25, -0.2) is 8.78 Å². The molecule has 1 saturated heterocycles. The van der Waals surface area contributed by atoms with Crippen LogP contribution in [0, 0.1) is 11.6 Å². The van der Waals surface area contributed by atoms with Crippen LogP contribution in [0.3, 0.4) is 0 Å². The van der Waals surface area contributed by atoms with Crippen molar-refractivity contribution in [3.8, 4) is 0 Å². The van der Waals surface area contributed by atoms with Crippen LogP contribution in [0.1, 0.15) is 18.0 Å². The van der Waals surface area contributed by atoms with Crippen molar-refractivity contribution in [2.75, 3.05) is 26.2 Å². The molecule has 120 valence electrons. The van der Waals surface area contributed by atoms with Crippen LogP contribution in [0.2, 0.25) is 0 Å². The first-order valence-corrected chi connectivity index (χ1v) is 6.33. The van der Waals surface area contributed by atoms with Crippen molar-refractivity contribution in [3.63, 3.8) is 0 Å². The Morgan fingerprint density at radius 1 is 1.14 bits per heavy atom. The highest BCUT2D eigenvalue weighted by Crippen LogP contribution is 2.35. The van der Waals surface area contributed by atoms with Crippen molar-refractivity contribution in [3.05, 3.63) is 35.4 Å². The maximum atomic E-state index is 13.8. The molecule has 1 aromatic carbocycles. The van der Waals surface area contributed by atoms with Gasteiger partial charge < -0.3 is 5.32 Å². The van der Waals surface area contributed by atoms with Crippen molar-refractivity contribution in [1.29, 1.82) is 0 Å². The lowest BCUT2D eigenvalue weighted by atomic mass is 10.00. The Morgan fingerprint density at radius 2 is 1.76 bits per heavy atom. The Bertz CT molecular complexity index is 460. The van der Waals surface area contributed by atoms with Gasteiger partial charge in [0, 0.05) is 43.9 Å². The molecule has 0 radical (unpaired) electrons. The molecule has 0 bridgehead atoms. The first-order chi connectivity index (χ1) is 9.37. The molecule has 1 heterocycles. The summed E-state index contributed by atoms with van der Waals surface area (Å²) < 4.78 is 64.8. The lowest BCUT2D eigenvalue weighted by molar-refractivity contribution is -0.149. The van der Waals surface area contributed by atoms with Gasteiger partial charge in [0.05, 0.1) is 6.42 Å². The molecule has 1 fully saturated rings. The summed E-state index contributed by atoms with van der Waals surface area (Å²) in [7, 11) is 0. The van der Waals surface area contributed by atoms with E-state index in [1.54, 1.807) is 4.90 Å². The Labute approximate surface area is 125 Å². The van der Waals surface area contributed by atoms with Gasteiger partial charge in [-0.2, -0.15) is 13.2 Å². The maximum Gasteiger partial charge on any atom is 0.390 e. The van der Waals surface area contributed by atoms with Crippen LogP contribution >= 0.6 is 12.4 Å². The van der Waals surface area contributed by atoms with Crippen LogP contribution in [0.25, 0.3) is 0 Å². The van der Waals surface area contributed by atoms with Gasteiger partial charge in [0.2, 0.25) is 0 Å². The van der Waals surface area contributed by atoms with E-state index in [0.717, 1.165) is 12.1 Å². The topological polar surface area (TPSA) is 15.3 Å². The summed E-state index contributed by atoms with van der Waals surface area (Å²) in [6.45, 7) is 1.91. The molecule has 1 aliphatic rings. The molecule has 1 aliphatic heterocycles. The second-order valence-corrected chi connectivity index (χ2v) is 4.79. The largest absolute Gasteiger partial charge is 0.390 e. The predicted molar refractivity (Wildman–Crippen MR) is 71.5 cm³/mol. The summed E-state index contributed by atoms with van der Waals surface area (Å²) in [6, 6.07) is 1.60. The minimum absolute atomic E-state index is 0. The monoisotopic (exact) mass is 330 g/mol. The van der Waals surface area contributed by atoms with Crippen LogP contribution < -0.4 is 5.32 Å². The molecule has 0 aromatic heterocycles. The van der Waals surface area contributed by atoms with Gasteiger partial charge in [0.15, 0.2) is 0 Å². The smallest absolute Gasteiger partial charge is 0.314 e. The summed E-state index contributed by atoms with van der Waals surface area (Å²) in [5.74, 6) is -1.73. The molecule has 1 N–H and O–H groups in total. The highest BCUT2D eigenvalue weighted by molar-refractivity contribution is 5.85. The number of hydrogen-bond donors (Lipinski definition) is 1. The highest BCUT2D eigenvalue weighted by Gasteiger charge is 2.37. The second-order valence-electron chi connectivity index (χ2n) is 4.79. The van der Waals surface area contributed by atoms with E-state index in [4.69, 9.17) is 0 Å². The van der Waals surface area contributed by atoms with Crippen molar-refractivity contribution >= 4 is 12.4 Å². The molecule has 2 rings (SSSR count). The molecule has 1 aromatic rings. The van der Waals surface area contributed by atoms with Crippen LogP contribution in [0.5, 0.6) is 0 Å². The number of nitrogens with one attached hydrogen (secondary N) is 1. The Morgan fingerprint density at radius 3 is 2.29 bits per heavy atom. The van der Waals surface area contributed by atoms with Crippen molar-refractivity contribution < 1.29 is 22.0 Å². The number of nitrogens with zero attached hydrogens (tertiary/aromatic N) is 1. The summed E-state index contributed by atoms with van der Waals surface area (Å²) in [5.41, 5.74) is -0.106. The quantitative estimate of drug-likeness (QED) is 0.856. The first-order valence-electron chi connectivity index (χ1n) is 6.33. The molecule has 1 atom stereocenters. The lowest BCUT2D eigenvalue weighted by Crippen LogP contribution is -2.46. The molecule has 2 nitrogen and oxygen atoms in total. The van der Waals surface area contributed by atoms with Gasteiger partial charge in [0.25, 0.3) is 0 Å². The molecular formula is C13H16ClF5N2. The molecular weight excluding hydrogens is 315 g/mol. The summed E-state index contributed by atoms with van der Waals surface area (Å²) in [6.07, 6.45) is -5.55. The average molecular weight is 331 g/mol. The Balaban J connectivity index is 0.00000220. The van der Waals surface area contributed by atoms with Gasteiger partial charge in [-0.05, 0) is 6.07 Å². The van der Waals surface area contributed by atoms with E-state index in [-0.39, 0.29) is 18.0 Å². The Kier molecular flexibility index (Phi) is 6.37. The van der Waals surface area contributed by atoms with E-state index in [2.05, 4.69) is 5.32 Å². The number of halogens is 6. The first kappa shape index (κ1) is 18.1. The van der Waals surface area contributed by atoms with E-state index >= 15 is 0 Å². The molecule has 0 amide bonds. The molecule has 0 aliphatic carbocycles. The summed E-state index contributed by atoms with van der Waals surface area (Å²) in [4.78, 5) is 1.58. The summed E-state index contributed by atoms with van der Waals surface area (Å²) >= 11 is 0. The fourth-order valence-corrected chi connectivity index (χ4v) is 2.42. The van der Waals surface area contributed by atoms with Gasteiger partial charge in [0.1, 0.15) is 11.6 Å². The molecule has 0 saturated carbocycles. The number of alkyl halides is 3. The van der Waals surface area contributed by atoms with E-state index in [0.29, 0.717) is 32.2 Å². The molecule has 21 heavy (non-hydrogen) atoms. The Hall–Kier alpha value is -0.920. The third-order valence-corrected chi connectivity index (χ3v) is 3.34. The minimum Gasteiger partial charge on any atom is -0.314 e. The highest BCUT2D eigenvalue weighted by atomic mass is 35.5. The normalized spacial score (nSPS) is 18.1. The van der Waals surface area contributed by atoms with Gasteiger partial charge >= 0.3 is 6.18 Å². The minimum atomic E-state index is -4.41. The third-order valence-electron chi connectivity index (χ3n) is 3.34. The van der Waals surface area contributed by atoms with Crippen molar-refractivity contribution in [2.24, 2.45) is 0 Å². The van der Waals surface area contributed by atoms with E-state index in [9.17, 15) is 22.0 Å². The lowest BCUT2D eigenvalue weighted by Gasteiger charge is -2.35. The standard InChI is InChI=1S/C13H15F5N2.ClH/c14-9-1-2-10(11(15)7-9)12(8-13(16,17)18)20-5-3-19-4-6-20;/h1-2,7,12,19H,3-6,8H2;1H/t12-;/m1./s1. The molecule has 8 heteroatoms. The van der Waals surface area contributed by atoms with E-state index in [1.165, 1.54) is 0 Å². The average Bonchev–Trinajstić information content (AvgIpc) is 2.36. The fraction of sp³-hybridized carbons (Fsp3) is 0.538. The fourth-order valence-electron chi connectivity index (χ4n) is 2.42. The maximum absolute atomic E-state index is 13.8. The number of piperazine rings is 1. The van der Waals surface area contributed by atoms with Crippen LogP contribution in [-0.2, 0) is 0 Å². The van der Waals surface area contributed by atoms with Crippen molar-refractivity contribution in [1.82, 2.24) is 10.2 Å². The molecule has 0 spiro atoms. The SMILES string of the molecule is Cl.Fc1ccc([C@@H](CC(F)(F)F)N2CCNCC2)c(F)c1. The number of benzene rings is 1. The van der Waals surface area contributed by atoms with Gasteiger partial charge in [-0.15, -0.1) is 12.4 Å². The van der Waals surface area contributed by atoms with Crippen LogP contribution in [0.15, 0.2) is 18.2 Å². The molecule has 0 unspecified atom stereocenters. The van der Waals surface area contributed by atoms with E-state index in [1.807, 2.05) is 0 Å². The zero-order chi connectivity index (χ0) is 14.8.